The molecule has 4 nitrogen and oxygen atoms in total. The first kappa shape index (κ1) is 13.2. The van der Waals surface area contributed by atoms with Crippen molar-refractivity contribution in [3.05, 3.63) is 53.6 Å². The van der Waals surface area contributed by atoms with Crippen LogP contribution in [0.15, 0.2) is 40.9 Å². The molecule has 0 aliphatic rings. The molecule has 0 amide bonds. The summed E-state index contributed by atoms with van der Waals surface area (Å²) in [4.78, 5) is 4.12. The van der Waals surface area contributed by atoms with Gasteiger partial charge in [0.2, 0.25) is 5.82 Å². The Balaban J connectivity index is 2.07. The minimum Gasteiger partial charge on any atom is -0.398 e. The number of nitrogen functional groups attached to an aromatic ring is 1. The summed E-state index contributed by atoms with van der Waals surface area (Å²) in [7, 11) is 0. The lowest BCUT2D eigenvalue weighted by atomic mass is 10.1. The number of nitrogens with two attached hydrogens (primary N) is 1. The Morgan fingerprint density at radius 3 is 2.57 bits per heavy atom. The van der Waals surface area contributed by atoms with E-state index in [4.69, 9.17) is 10.3 Å². The third-order valence-electron chi connectivity index (χ3n) is 3.11. The van der Waals surface area contributed by atoms with Gasteiger partial charge in [0.25, 0.3) is 5.89 Å². The summed E-state index contributed by atoms with van der Waals surface area (Å²) in [5, 5.41) is 3.79. The normalized spacial score (nSPS) is 10.8. The molecule has 1 heterocycles. The van der Waals surface area contributed by atoms with Crippen molar-refractivity contribution in [2.75, 3.05) is 5.73 Å². The van der Waals surface area contributed by atoms with E-state index in [-0.39, 0.29) is 17.3 Å². The van der Waals surface area contributed by atoms with Crippen LogP contribution in [-0.4, -0.2) is 10.1 Å². The van der Waals surface area contributed by atoms with Crippen molar-refractivity contribution >= 4 is 5.69 Å². The maximum absolute atomic E-state index is 13.8. The van der Waals surface area contributed by atoms with Gasteiger partial charge in [0.1, 0.15) is 11.6 Å². The van der Waals surface area contributed by atoms with Gasteiger partial charge in [0, 0.05) is 17.3 Å². The van der Waals surface area contributed by atoms with Crippen LogP contribution in [0.25, 0.3) is 22.8 Å². The number of anilines is 1. The van der Waals surface area contributed by atoms with E-state index in [9.17, 15) is 8.78 Å². The van der Waals surface area contributed by atoms with Crippen LogP contribution in [0.4, 0.5) is 14.5 Å². The van der Waals surface area contributed by atoms with Crippen LogP contribution in [0, 0.1) is 18.6 Å². The third-order valence-corrected chi connectivity index (χ3v) is 3.11. The van der Waals surface area contributed by atoms with E-state index in [1.54, 1.807) is 24.3 Å². The van der Waals surface area contributed by atoms with E-state index in [0.29, 0.717) is 16.8 Å². The van der Waals surface area contributed by atoms with Crippen molar-refractivity contribution < 1.29 is 13.3 Å². The van der Waals surface area contributed by atoms with Gasteiger partial charge in [0.15, 0.2) is 0 Å². The summed E-state index contributed by atoms with van der Waals surface area (Å²) < 4.78 is 32.1. The molecule has 0 saturated heterocycles. The highest BCUT2D eigenvalue weighted by Gasteiger charge is 2.17. The van der Waals surface area contributed by atoms with Gasteiger partial charge in [-0.15, -0.1) is 0 Å². The van der Waals surface area contributed by atoms with Gasteiger partial charge in [0.05, 0.1) is 5.56 Å². The Hall–Kier alpha value is -2.76. The Morgan fingerprint density at radius 1 is 1.05 bits per heavy atom. The van der Waals surface area contributed by atoms with Gasteiger partial charge < -0.3 is 10.3 Å². The zero-order chi connectivity index (χ0) is 15.0. The number of hydrogen-bond acceptors (Lipinski definition) is 4. The van der Waals surface area contributed by atoms with Crippen LogP contribution in [0.1, 0.15) is 5.56 Å². The second kappa shape index (κ2) is 4.97. The topological polar surface area (TPSA) is 64.9 Å². The fourth-order valence-corrected chi connectivity index (χ4v) is 1.96. The molecule has 0 fully saturated rings. The van der Waals surface area contributed by atoms with E-state index >= 15 is 0 Å². The molecule has 0 aliphatic heterocycles. The van der Waals surface area contributed by atoms with Crippen molar-refractivity contribution in [3.63, 3.8) is 0 Å². The molecule has 0 spiro atoms. The van der Waals surface area contributed by atoms with E-state index in [2.05, 4.69) is 10.1 Å². The van der Waals surface area contributed by atoms with Crippen LogP contribution >= 0.6 is 0 Å². The molecule has 106 valence electrons. The van der Waals surface area contributed by atoms with Gasteiger partial charge in [-0.05, 0) is 30.7 Å². The average Bonchev–Trinajstić information content (AvgIpc) is 2.92. The predicted octanol–water partition coefficient (Wildman–Crippen LogP) is 3.57. The summed E-state index contributed by atoms with van der Waals surface area (Å²) in [6.07, 6.45) is 0. The monoisotopic (exact) mass is 287 g/mol. The third kappa shape index (κ3) is 2.35. The largest absolute Gasteiger partial charge is 0.398 e. The number of aryl methyl sites for hydroxylation is 1. The van der Waals surface area contributed by atoms with E-state index < -0.39 is 11.6 Å². The zero-order valence-corrected chi connectivity index (χ0v) is 11.1. The minimum atomic E-state index is -0.755. The molecule has 0 saturated carbocycles. The molecule has 0 aliphatic carbocycles. The molecule has 1 aromatic heterocycles. The number of benzene rings is 2. The van der Waals surface area contributed by atoms with Crippen molar-refractivity contribution in [1.29, 1.82) is 0 Å². The first-order chi connectivity index (χ1) is 10.1. The zero-order valence-electron chi connectivity index (χ0n) is 11.1. The lowest BCUT2D eigenvalue weighted by molar-refractivity contribution is 0.429. The summed E-state index contributed by atoms with van der Waals surface area (Å²) in [5.41, 5.74) is 7.26. The first-order valence-corrected chi connectivity index (χ1v) is 6.21. The number of rotatable bonds is 2. The van der Waals surface area contributed by atoms with Gasteiger partial charge in [-0.25, -0.2) is 8.78 Å². The van der Waals surface area contributed by atoms with Crippen molar-refractivity contribution in [1.82, 2.24) is 10.1 Å². The summed E-state index contributed by atoms with van der Waals surface area (Å²) >= 11 is 0. The fraction of sp³-hybridized carbons (Fsp3) is 0.0667. The fourth-order valence-electron chi connectivity index (χ4n) is 1.96. The average molecular weight is 287 g/mol. The highest BCUT2D eigenvalue weighted by molar-refractivity contribution is 5.72. The quantitative estimate of drug-likeness (QED) is 0.732. The number of halogens is 2. The van der Waals surface area contributed by atoms with E-state index in [1.807, 2.05) is 0 Å². The van der Waals surface area contributed by atoms with Crippen LogP contribution in [-0.2, 0) is 0 Å². The Morgan fingerprint density at radius 2 is 1.81 bits per heavy atom. The smallest absolute Gasteiger partial charge is 0.261 e. The van der Waals surface area contributed by atoms with Crippen LogP contribution in [0.5, 0.6) is 0 Å². The van der Waals surface area contributed by atoms with Gasteiger partial charge >= 0.3 is 0 Å². The maximum Gasteiger partial charge on any atom is 0.261 e. The number of hydrogen-bond donors (Lipinski definition) is 1. The highest BCUT2D eigenvalue weighted by atomic mass is 19.1. The molecule has 6 heteroatoms. The van der Waals surface area contributed by atoms with Crippen molar-refractivity contribution in [2.24, 2.45) is 0 Å². The van der Waals surface area contributed by atoms with Crippen molar-refractivity contribution in [3.8, 4) is 22.8 Å². The number of aromatic nitrogens is 2. The summed E-state index contributed by atoms with van der Waals surface area (Å²) in [5.74, 6) is -1.14. The standard InChI is InChI=1S/C15H11F2N3O/c1-8-6-10(12(17)7-11(8)16)15-19-14(20-21-15)9-4-2-3-5-13(9)18/h2-7H,18H2,1H3. The lowest BCUT2D eigenvalue weighted by Crippen LogP contribution is -1.92. The van der Waals surface area contributed by atoms with Gasteiger partial charge in [-0.2, -0.15) is 4.98 Å². The number of para-hydroxylation sites is 1. The molecule has 0 unspecified atom stereocenters. The summed E-state index contributed by atoms with van der Waals surface area (Å²) in [6, 6.07) is 9.12. The lowest BCUT2D eigenvalue weighted by Gasteiger charge is -2.01. The SMILES string of the molecule is Cc1cc(-c2nc(-c3ccccc3N)no2)c(F)cc1F. The predicted molar refractivity (Wildman–Crippen MR) is 74.2 cm³/mol. The van der Waals surface area contributed by atoms with E-state index in [0.717, 1.165) is 6.07 Å². The maximum atomic E-state index is 13.8. The Kier molecular flexibility index (Phi) is 3.13. The van der Waals surface area contributed by atoms with Crippen LogP contribution < -0.4 is 5.73 Å². The van der Waals surface area contributed by atoms with Crippen LogP contribution in [0.2, 0.25) is 0 Å². The molecule has 21 heavy (non-hydrogen) atoms. The molecule has 0 bridgehead atoms. The van der Waals surface area contributed by atoms with Gasteiger partial charge in [-0.1, -0.05) is 17.3 Å². The second-order valence-corrected chi connectivity index (χ2v) is 4.59. The van der Waals surface area contributed by atoms with E-state index in [1.165, 1.54) is 13.0 Å². The number of nitrogens with zero attached hydrogens (tertiary/aromatic N) is 2. The Labute approximate surface area is 119 Å². The van der Waals surface area contributed by atoms with Crippen LogP contribution in [0.3, 0.4) is 0 Å². The molecule has 0 radical (unpaired) electrons. The molecule has 2 aromatic carbocycles. The second-order valence-electron chi connectivity index (χ2n) is 4.59. The first-order valence-electron chi connectivity index (χ1n) is 6.21. The molecule has 3 aromatic rings. The molecular formula is C15H11F2N3O. The summed E-state index contributed by atoms with van der Waals surface area (Å²) in [6.45, 7) is 1.53. The minimum absolute atomic E-state index is 0.0196. The van der Waals surface area contributed by atoms with Crippen molar-refractivity contribution in [2.45, 2.75) is 6.92 Å². The highest BCUT2D eigenvalue weighted by Crippen LogP contribution is 2.28. The molecule has 0 atom stereocenters. The Bertz CT molecular complexity index is 814. The van der Waals surface area contributed by atoms with Gasteiger partial charge in [-0.3, -0.25) is 0 Å². The molecule has 2 N–H and O–H groups in total. The molecule has 3 rings (SSSR count). The molecular weight excluding hydrogens is 276 g/mol.